The van der Waals surface area contributed by atoms with Crippen LogP contribution in [0.15, 0.2) is 12.3 Å². The molecule has 0 radical (unpaired) electrons. The molecule has 1 N–H and O–H groups in total. The lowest BCUT2D eigenvalue weighted by Gasteiger charge is -2.20. The normalized spacial score (nSPS) is 34.2. The Hall–Kier alpha value is -1.89. The molecule has 3 fully saturated rings. The van der Waals surface area contributed by atoms with Gasteiger partial charge in [0.1, 0.15) is 5.69 Å². The summed E-state index contributed by atoms with van der Waals surface area (Å²) < 4.78 is 7.45. The number of aryl methyl sites for hydroxylation is 1. The van der Waals surface area contributed by atoms with Crippen LogP contribution in [-0.4, -0.2) is 58.8 Å². The third kappa shape index (κ3) is 2.70. The zero-order chi connectivity index (χ0) is 16.8. The number of amides is 2. The fourth-order valence-corrected chi connectivity index (χ4v) is 4.00. The van der Waals surface area contributed by atoms with Crippen molar-refractivity contribution in [1.82, 2.24) is 20.0 Å². The molecule has 2 saturated heterocycles. The third-order valence-electron chi connectivity index (χ3n) is 5.76. The van der Waals surface area contributed by atoms with Gasteiger partial charge in [0.2, 0.25) is 5.91 Å². The molecule has 1 saturated carbocycles. The van der Waals surface area contributed by atoms with E-state index in [0.29, 0.717) is 37.2 Å². The van der Waals surface area contributed by atoms with E-state index in [0.717, 1.165) is 13.0 Å². The van der Waals surface area contributed by atoms with Crippen LogP contribution in [0.1, 0.15) is 23.8 Å². The number of likely N-dealkylation sites (tertiary alicyclic amines) is 1. The molecule has 2 aliphatic heterocycles. The number of nitrogens with one attached hydrogen (secondary N) is 1. The molecule has 0 spiro atoms. The molecule has 130 valence electrons. The lowest BCUT2D eigenvalue weighted by atomic mass is 9.93. The van der Waals surface area contributed by atoms with E-state index in [2.05, 4.69) is 17.3 Å². The molecule has 1 aromatic rings. The first-order valence-electron chi connectivity index (χ1n) is 8.71. The van der Waals surface area contributed by atoms with E-state index in [1.165, 1.54) is 0 Å². The summed E-state index contributed by atoms with van der Waals surface area (Å²) in [6, 6.07) is 1.70. The lowest BCUT2D eigenvalue weighted by molar-refractivity contribution is -0.132. The van der Waals surface area contributed by atoms with Crippen molar-refractivity contribution in [2.45, 2.75) is 19.4 Å². The average molecular weight is 332 g/mol. The number of hydrogen-bond acceptors (Lipinski definition) is 4. The molecule has 0 bridgehead atoms. The van der Waals surface area contributed by atoms with Gasteiger partial charge in [-0.05, 0) is 18.4 Å². The molecule has 1 aliphatic carbocycles. The molecule has 3 heterocycles. The summed E-state index contributed by atoms with van der Waals surface area (Å²) in [4.78, 5) is 26.6. The highest BCUT2D eigenvalue weighted by Crippen LogP contribution is 2.41. The lowest BCUT2D eigenvalue weighted by Crippen LogP contribution is -2.36. The Kier molecular flexibility index (Phi) is 3.83. The van der Waals surface area contributed by atoms with Gasteiger partial charge >= 0.3 is 0 Å². The number of hydrogen-bond donors (Lipinski definition) is 1. The predicted molar refractivity (Wildman–Crippen MR) is 86.1 cm³/mol. The number of fused-ring (bicyclic) bond motifs is 1. The summed E-state index contributed by atoms with van der Waals surface area (Å²) in [5.74, 6) is 1.53. The molecule has 5 atom stereocenters. The van der Waals surface area contributed by atoms with Gasteiger partial charge in [-0.25, -0.2) is 0 Å². The molecular weight excluding hydrogens is 308 g/mol. The van der Waals surface area contributed by atoms with Crippen molar-refractivity contribution in [3.05, 3.63) is 18.0 Å². The molecule has 1 aromatic heterocycles. The Labute approximate surface area is 141 Å². The van der Waals surface area contributed by atoms with E-state index in [4.69, 9.17) is 4.74 Å². The average Bonchev–Trinajstić information content (AvgIpc) is 2.94. The van der Waals surface area contributed by atoms with Crippen molar-refractivity contribution in [2.75, 3.05) is 26.2 Å². The van der Waals surface area contributed by atoms with Crippen LogP contribution in [0.2, 0.25) is 0 Å². The fraction of sp³-hybridized carbons (Fsp3) is 0.706. The summed E-state index contributed by atoms with van der Waals surface area (Å²) in [6.07, 6.45) is 2.76. The van der Waals surface area contributed by atoms with E-state index >= 15 is 0 Å². The molecule has 3 aliphatic rings. The van der Waals surface area contributed by atoms with Gasteiger partial charge in [0.25, 0.3) is 5.91 Å². The Balaban J connectivity index is 1.32. The molecule has 0 unspecified atom stereocenters. The van der Waals surface area contributed by atoms with E-state index in [9.17, 15) is 9.59 Å². The molecule has 2 amide bonds. The zero-order valence-corrected chi connectivity index (χ0v) is 14.1. The summed E-state index contributed by atoms with van der Waals surface area (Å²) in [5.41, 5.74) is 0.552. The zero-order valence-electron chi connectivity index (χ0n) is 14.1. The van der Waals surface area contributed by atoms with Gasteiger partial charge in [-0.1, -0.05) is 6.92 Å². The number of carbonyl (C=O) groups excluding carboxylic acids is 2. The Morgan fingerprint density at radius 3 is 2.88 bits per heavy atom. The smallest absolute Gasteiger partial charge is 0.269 e. The first-order chi connectivity index (χ1) is 11.5. The maximum atomic E-state index is 12.4. The maximum absolute atomic E-state index is 12.4. The molecule has 4 rings (SSSR count). The summed E-state index contributed by atoms with van der Waals surface area (Å²) in [5, 5.41) is 7.00. The van der Waals surface area contributed by atoms with Gasteiger partial charge in [-0.2, -0.15) is 5.10 Å². The fourth-order valence-electron chi connectivity index (χ4n) is 4.00. The van der Waals surface area contributed by atoms with Crippen molar-refractivity contribution in [3.8, 4) is 0 Å². The second-order valence-electron chi connectivity index (χ2n) is 7.41. The van der Waals surface area contributed by atoms with Crippen LogP contribution in [0.5, 0.6) is 0 Å². The van der Waals surface area contributed by atoms with E-state index in [1.54, 1.807) is 24.0 Å². The summed E-state index contributed by atoms with van der Waals surface area (Å²) in [7, 11) is 1.75. The highest BCUT2D eigenvalue weighted by Gasteiger charge is 2.49. The van der Waals surface area contributed by atoms with Crippen molar-refractivity contribution >= 4 is 11.8 Å². The number of aromatic nitrogens is 2. The number of nitrogens with zero attached hydrogens (tertiary/aromatic N) is 3. The highest BCUT2D eigenvalue weighted by molar-refractivity contribution is 5.92. The molecule has 0 aromatic carbocycles. The topological polar surface area (TPSA) is 76.5 Å². The molecular formula is C17H24N4O3. The monoisotopic (exact) mass is 332 g/mol. The minimum Gasteiger partial charge on any atom is -0.376 e. The number of carbonyl (C=O) groups is 2. The van der Waals surface area contributed by atoms with E-state index in [1.807, 2.05) is 4.90 Å². The van der Waals surface area contributed by atoms with E-state index < -0.39 is 0 Å². The summed E-state index contributed by atoms with van der Waals surface area (Å²) in [6.45, 7) is 4.83. The standard InChI is InChI=1S/C17H24N4O3/c1-10-5-12(10)17(23)21-7-13-11(9-24-15(13)8-21)6-18-16(22)14-3-4-19-20(14)2/h3-4,10-13,15H,5-9H2,1-2H3,(H,18,22)/t10-,11-,12-,13-,15-/m1/s1. The van der Waals surface area contributed by atoms with Gasteiger partial charge in [0.15, 0.2) is 0 Å². The highest BCUT2D eigenvalue weighted by atomic mass is 16.5. The van der Waals surface area contributed by atoms with Crippen LogP contribution in [0.25, 0.3) is 0 Å². The Bertz CT molecular complexity index is 658. The van der Waals surface area contributed by atoms with Crippen LogP contribution in [0.4, 0.5) is 0 Å². The van der Waals surface area contributed by atoms with Crippen LogP contribution < -0.4 is 5.32 Å². The predicted octanol–water partition coefficient (Wildman–Crippen LogP) is 0.279. The Morgan fingerprint density at radius 2 is 2.21 bits per heavy atom. The second-order valence-corrected chi connectivity index (χ2v) is 7.41. The SMILES string of the molecule is C[C@@H]1C[C@H]1C(=O)N1C[C@@H]2[C@H](CNC(=O)c3ccnn3C)CO[C@@H]2C1. The van der Waals surface area contributed by atoms with Crippen LogP contribution in [0.3, 0.4) is 0 Å². The van der Waals surface area contributed by atoms with Gasteiger partial charge in [0, 0.05) is 50.6 Å². The minimum atomic E-state index is -0.115. The minimum absolute atomic E-state index is 0.115. The Morgan fingerprint density at radius 1 is 1.42 bits per heavy atom. The van der Waals surface area contributed by atoms with Crippen molar-refractivity contribution in [1.29, 1.82) is 0 Å². The van der Waals surface area contributed by atoms with Gasteiger partial charge in [-0.15, -0.1) is 0 Å². The molecule has 7 heteroatoms. The number of ether oxygens (including phenoxy) is 1. The third-order valence-corrected chi connectivity index (χ3v) is 5.76. The maximum Gasteiger partial charge on any atom is 0.269 e. The van der Waals surface area contributed by atoms with Crippen molar-refractivity contribution in [2.24, 2.45) is 30.7 Å². The van der Waals surface area contributed by atoms with E-state index in [-0.39, 0.29) is 29.8 Å². The largest absolute Gasteiger partial charge is 0.376 e. The molecule has 24 heavy (non-hydrogen) atoms. The van der Waals surface area contributed by atoms with Gasteiger partial charge < -0.3 is 15.0 Å². The quantitative estimate of drug-likeness (QED) is 0.859. The second kappa shape index (κ2) is 5.88. The molecule has 7 nitrogen and oxygen atoms in total. The van der Waals surface area contributed by atoms with Crippen molar-refractivity contribution < 1.29 is 14.3 Å². The summed E-state index contributed by atoms with van der Waals surface area (Å²) >= 11 is 0. The first-order valence-corrected chi connectivity index (χ1v) is 8.71. The number of rotatable bonds is 4. The van der Waals surface area contributed by atoms with Crippen LogP contribution in [0, 0.1) is 23.7 Å². The van der Waals surface area contributed by atoms with Gasteiger partial charge in [-0.3, -0.25) is 14.3 Å². The van der Waals surface area contributed by atoms with Crippen LogP contribution >= 0.6 is 0 Å². The van der Waals surface area contributed by atoms with Gasteiger partial charge in [0.05, 0.1) is 12.7 Å². The first kappa shape index (κ1) is 15.6. The van der Waals surface area contributed by atoms with Crippen LogP contribution in [-0.2, 0) is 16.6 Å². The van der Waals surface area contributed by atoms with Crippen molar-refractivity contribution in [3.63, 3.8) is 0 Å².